The van der Waals surface area contributed by atoms with E-state index in [4.69, 9.17) is 15.1 Å². The Morgan fingerprint density at radius 1 is 1.67 bits per heavy atom. The van der Waals surface area contributed by atoms with Gasteiger partial charge >= 0.3 is 5.97 Å². The Hall–Kier alpha value is -2.07. The number of carboxylic acid groups (broad SMARTS) is 1. The second kappa shape index (κ2) is 6.02. The molecule has 0 aliphatic rings. The fourth-order valence-corrected chi connectivity index (χ4v) is 1.76. The third-order valence-electron chi connectivity index (χ3n) is 2.49. The van der Waals surface area contributed by atoms with Gasteiger partial charge in [0.1, 0.15) is 24.0 Å². The molecule has 18 heavy (non-hydrogen) atoms. The molecule has 1 aromatic rings. The van der Waals surface area contributed by atoms with E-state index in [-0.39, 0.29) is 6.54 Å². The van der Waals surface area contributed by atoms with Gasteiger partial charge in [0, 0.05) is 20.7 Å². The fraction of sp³-hybridized carbons (Fsp3) is 0.545. The third kappa shape index (κ3) is 2.99. The zero-order valence-electron chi connectivity index (χ0n) is 10.7. The number of hydrogen-bond acceptors (Lipinski definition) is 5. The van der Waals surface area contributed by atoms with E-state index in [0.717, 1.165) is 0 Å². The van der Waals surface area contributed by atoms with Crippen LogP contribution in [-0.2, 0) is 16.6 Å². The van der Waals surface area contributed by atoms with E-state index < -0.39 is 5.97 Å². The smallest absolute Gasteiger partial charge is 0.323 e. The Labute approximate surface area is 105 Å². The summed E-state index contributed by atoms with van der Waals surface area (Å²) in [5.74, 6) is -0.455. The van der Waals surface area contributed by atoms with Gasteiger partial charge in [0.2, 0.25) is 0 Å². The SMILES string of the molecule is COCCN(CC(=O)O)c1c(C#N)c(C)nn1C. The van der Waals surface area contributed by atoms with Crippen molar-refractivity contribution in [1.82, 2.24) is 9.78 Å². The molecule has 1 aromatic heterocycles. The van der Waals surface area contributed by atoms with Gasteiger partial charge in [-0.25, -0.2) is 0 Å². The van der Waals surface area contributed by atoms with Gasteiger partial charge in [-0.1, -0.05) is 0 Å². The van der Waals surface area contributed by atoms with Crippen LogP contribution in [-0.4, -0.2) is 47.7 Å². The van der Waals surface area contributed by atoms with Crippen molar-refractivity contribution in [1.29, 1.82) is 5.26 Å². The van der Waals surface area contributed by atoms with Gasteiger partial charge in [0.15, 0.2) is 0 Å². The summed E-state index contributed by atoms with van der Waals surface area (Å²) in [7, 11) is 3.23. The highest BCUT2D eigenvalue weighted by molar-refractivity contribution is 5.74. The van der Waals surface area contributed by atoms with Crippen LogP contribution in [0.5, 0.6) is 0 Å². The highest BCUT2D eigenvalue weighted by atomic mass is 16.5. The van der Waals surface area contributed by atoms with Crippen LogP contribution in [0.15, 0.2) is 0 Å². The lowest BCUT2D eigenvalue weighted by molar-refractivity contribution is -0.135. The normalized spacial score (nSPS) is 10.1. The molecule has 0 radical (unpaired) electrons. The molecule has 98 valence electrons. The number of carboxylic acids is 1. The van der Waals surface area contributed by atoms with Crippen molar-refractivity contribution < 1.29 is 14.6 Å². The summed E-state index contributed by atoms with van der Waals surface area (Å²) >= 11 is 0. The largest absolute Gasteiger partial charge is 0.480 e. The first kappa shape index (κ1) is 14.0. The van der Waals surface area contributed by atoms with Crippen LogP contribution in [0.1, 0.15) is 11.3 Å². The van der Waals surface area contributed by atoms with Gasteiger partial charge in [-0.15, -0.1) is 0 Å². The lowest BCUT2D eigenvalue weighted by atomic mass is 10.2. The van der Waals surface area contributed by atoms with Gasteiger partial charge in [0.25, 0.3) is 0 Å². The standard InChI is InChI=1S/C11H16N4O3/c1-8-9(6-12)11(14(2)13-8)15(4-5-18-3)7-10(16)17/h4-5,7H2,1-3H3,(H,16,17). The summed E-state index contributed by atoms with van der Waals surface area (Å²) in [6.07, 6.45) is 0. The lowest BCUT2D eigenvalue weighted by Gasteiger charge is -2.22. The molecule has 0 aliphatic carbocycles. The molecule has 1 N–H and O–H groups in total. The number of anilines is 1. The average Bonchev–Trinajstić information content (AvgIpc) is 2.58. The molecule has 0 atom stereocenters. The predicted octanol–water partition coefficient (Wildman–Crippen LogP) is 0.138. The van der Waals surface area contributed by atoms with E-state index in [1.54, 1.807) is 26.0 Å². The summed E-state index contributed by atoms with van der Waals surface area (Å²) in [5.41, 5.74) is 0.984. The number of methoxy groups -OCH3 is 1. The number of nitriles is 1. The van der Waals surface area contributed by atoms with Crippen molar-refractivity contribution in [2.24, 2.45) is 7.05 Å². The minimum Gasteiger partial charge on any atom is -0.480 e. The van der Waals surface area contributed by atoms with E-state index in [0.29, 0.717) is 30.2 Å². The van der Waals surface area contributed by atoms with Crippen LogP contribution < -0.4 is 4.90 Å². The summed E-state index contributed by atoms with van der Waals surface area (Å²) < 4.78 is 6.47. The van der Waals surface area contributed by atoms with E-state index in [2.05, 4.69) is 11.2 Å². The number of aromatic nitrogens is 2. The average molecular weight is 252 g/mol. The van der Waals surface area contributed by atoms with E-state index in [9.17, 15) is 4.79 Å². The Kier molecular flexibility index (Phi) is 4.68. The molecule has 7 nitrogen and oxygen atoms in total. The van der Waals surface area contributed by atoms with Crippen LogP contribution in [0, 0.1) is 18.3 Å². The van der Waals surface area contributed by atoms with Crippen molar-refractivity contribution in [2.45, 2.75) is 6.92 Å². The van der Waals surface area contributed by atoms with Crippen LogP contribution in [0.2, 0.25) is 0 Å². The first-order valence-electron chi connectivity index (χ1n) is 5.40. The molecule has 7 heteroatoms. The van der Waals surface area contributed by atoms with Crippen molar-refractivity contribution in [3.8, 4) is 6.07 Å². The molecule has 0 spiro atoms. The Morgan fingerprint density at radius 3 is 2.83 bits per heavy atom. The van der Waals surface area contributed by atoms with Gasteiger partial charge in [-0.05, 0) is 6.92 Å². The number of aryl methyl sites for hydroxylation is 2. The number of carbonyl (C=O) groups is 1. The van der Waals surface area contributed by atoms with Crippen LogP contribution in [0.25, 0.3) is 0 Å². The first-order valence-corrected chi connectivity index (χ1v) is 5.40. The summed E-state index contributed by atoms with van der Waals surface area (Å²) in [4.78, 5) is 12.4. The van der Waals surface area contributed by atoms with Gasteiger partial charge in [0.05, 0.1) is 12.3 Å². The highest BCUT2D eigenvalue weighted by Gasteiger charge is 2.21. The highest BCUT2D eigenvalue weighted by Crippen LogP contribution is 2.21. The first-order chi connectivity index (χ1) is 8.51. The van der Waals surface area contributed by atoms with Crippen LogP contribution in [0.3, 0.4) is 0 Å². The zero-order valence-corrected chi connectivity index (χ0v) is 10.7. The van der Waals surface area contributed by atoms with E-state index in [1.807, 2.05) is 0 Å². The van der Waals surface area contributed by atoms with Crippen LogP contribution >= 0.6 is 0 Å². The zero-order chi connectivity index (χ0) is 13.7. The lowest BCUT2D eigenvalue weighted by Crippen LogP contribution is -2.34. The molecular formula is C11H16N4O3. The van der Waals surface area contributed by atoms with Crippen molar-refractivity contribution in [2.75, 3.05) is 31.7 Å². The maximum atomic E-state index is 10.9. The molecule has 0 amide bonds. The third-order valence-corrected chi connectivity index (χ3v) is 2.49. The second-order valence-corrected chi connectivity index (χ2v) is 3.83. The van der Waals surface area contributed by atoms with Gasteiger partial charge in [-0.3, -0.25) is 9.48 Å². The Bertz CT molecular complexity index is 475. The number of hydrogen-bond donors (Lipinski definition) is 1. The van der Waals surface area contributed by atoms with Crippen molar-refractivity contribution in [3.63, 3.8) is 0 Å². The molecule has 0 saturated carbocycles. The Morgan fingerprint density at radius 2 is 2.33 bits per heavy atom. The fourth-order valence-electron chi connectivity index (χ4n) is 1.76. The monoisotopic (exact) mass is 252 g/mol. The second-order valence-electron chi connectivity index (χ2n) is 3.83. The summed E-state index contributed by atoms with van der Waals surface area (Å²) in [5, 5.41) is 22.2. The molecule has 0 unspecified atom stereocenters. The minimum atomic E-state index is -0.964. The predicted molar refractivity (Wildman–Crippen MR) is 64.4 cm³/mol. The molecule has 0 fully saturated rings. The minimum absolute atomic E-state index is 0.197. The molecular weight excluding hydrogens is 236 g/mol. The maximum absolute atomic E-state index is 10.9. The molecule has 0 bridgehead atoms. The number of aliphatic carboxylic acids is 1. The van der Waals surface area contributed by atoms with E-state index in [1.165, 1.54) is 4.68 Å². The number of nitrogens with zero attached hydrogens (tertiary/aromatic N) is 4. The molecule has 0 aromatic carbocycles. The molecule has 1 heterocycles. The van der Waals surface area contributed by atoms with Crippen molar-refractivity contribution in [3.05, 3.63) is 11.3 Å². The number of rotatable bonds is 6. The molecule has 0 aliphatic heterocycles. The topological polar surface area (TPSA) is 91.4 Å². The Balaban J connectivity index is 3.11. The van der Waals surface area contributed by atoms with Gasteiger partial charge < -0.3 is 14.7 Å². The quantitative estimate of drug-likeness (QED) is 0.774. The summed E-state index contributed by atoms with van der Waals surface area (Å²) in [6.45, 7) is 2.28. The number of ether oxygens (including phenoxy) is 1. The van der Waals surface area contributed by atoms with Gasteiger partial charge in [-0.2, -0.15) is 10.4 Å². The molecule has 1 rings (SSSR count). The van der Waals surface area contributed by atoms with Crippen LogP contribution in [0.4, 0.5) is 5.82 Å². The van der Waals surface area contributed by atoms with Crippen molar-refractivity contribution >= 4 is 11.8 Å². The molecule has 0 saturated heterocycles. The summed E-state index contributed by atoms with van der Waals surface area (Å²) in [6, 6.07) is 2.06. The van der Waals surface area contributed by atoms with E-state index >= 15 is 0 Å². The maximum Gasteiger partial charge on any atom is 0.323 e.